The van der Waals surface area contributed by atoms with Crippen LogP contribution in [-0.4, -0.2) is 56.6 Å². The lowest BCUT2D eigenvalue weighted by Crippen LogP contribution is -2.47. The van der Waals surface area contributed by atoms with Gasteiger partial charge in [0.2, 0.25) is 10.0 Å². The Labute approximate surface area is 80.6 Å². The third kappa shape index (κ3) is 2.93. The van der Waals surface area contributed by atoms with Crippen molar-refractivity contribution in [2.24, 2.45) is 0 Å². The third-order valence-corrected chi connectivity index (χ3v) is 4.39. The normalized spacial score (nSPS) is 22.0. The summed E-state index contributed by atoms with van der Waals surface area (Å²) in [5, 5.41) is 0. The highest BCUT2D eigenvalue weighted by molar-refractivity contribution is 7.89. The zero-order chi connectivity index (χ0) is 9.90. The van der Waals surface area contributed by atoms with Crippen molar-refractivity contribution in [2.75, 3.05) is 39.0 Å². The molecular formula is C8H18N2O2S. The number of hydrogen-bond donors (Lipinski definition) is 0. The molecule has 1 heterocycles. The Kier molecular flexibility index (Phi) is 3.70. The van der Waals surface area contributed by atoms with Gasteiger partial charge in [-0.05, 0) is 13.5 Å². The highest BCUT2D eigenvalue weighted by atomic mass is 32.2. The Balaban J connectivity index is 2.53. The van der Waals surface area contributed by atoms with Gasteiger partial charge in [0.1, 0.15) is 0 Å². The second-order valence-electron chi connectivity index (χ2n) is 3.52. The maximum atomic E-state index is 11.6. The quantitative estimate of drug-likeness (QED) is 0.651. The van der Waals surface area contributed by atoms with Crippen molar-refractivity contribution in [1.82, 2.24) is 9.21 Å². The zero-order valence-corrected chi connectivity index (χ0v) is 9.18. The van der Waals surface area contributed by atoms with E-state index in [1.165, 1.54) is 0 Å². The smallest absolute Gasteiger partial charge is 0.214 e. The molecule has 1 aliphatic heterocycles. The van der Waals surface area contributed by atoms with Gasteiger partial charge >= 0.3 is 0 Å². The van der Waals surface area contributed by atoms with Gasteiger partial charge in [-0.3, -0.25) is 0 Å². The molecule has 0 N–H and O–H groups in total. The Morgan fingerprint density at radius 3 is 2.15 bits per heavy atom. The molecule has 13 heavy (non-hydrogen) atoms. The average molecular weight is 206 g/mol. The molecule has 0 unspecified atom stereocenters. The summed E-state index contributed by atoms with van der Waals surface area (Å²) in [6.45, 7) is 4.90. The Bertz CT molecular complexity index is 243. The van der Waals surface area contributed by atoms with Gasteiger partial charge in [0.25, 0.3) is 0 Å². The van der Waals surface area contributed by atoms with Gasteiger partial charge in [-0.1, -0.05) is 6.92 Å². The zero-order valence-electron chi connectivity index (χ0n) is 8.36. The number of hydrogen-bond acceptors (Lipinski definition) is 3. The van der Waals surface area contributed by atoms with Crippen molar-refractivity contribution < 1.29 is 8.42 Å². The summed E-state index contributed by atoms with van der Waals surface area (Å²) >= 11 is 0. The first-order valence-electron chi connectivity index (χ1n) is 4.72. The maximum Gasteiger partial charge on any atom is 0.214 e. The van der Waals surface area contributed by atoms with Gasteiger partial charge in [0.15, 0.2) is 0 Å². The van der Waals surface area contributed by atoms with Crippen molar-refractivity contribution in [3.63, 3.8) is 0 Å². The lowest BCUT2D eigenvalue weighted by atomic mass is 10.4. The van der Waals surface area contributed by atoms with E-state index in [4.69, 9.17) is 0 Å². The first-order valence-corrected chi connectivity index (χ1v) is 6.33. The minimum atomic E-state index is -2.95. The van der Waals surface area contributed by atoms with E-state index in [0.717, 1.165) is 13.1 Å². The molecule has 78 valence electrons. The van der Waals surface area contributed by atoms with E-state index in [1.807, 2.05) is 14.0 Å². The van der Waals surface area contributed by atoms with Gasteiger partial charge in [-0.2, -0.15) is 4.31 Å². The first kappa shape index (κ1) is 10.9. The highest BCUT2D eigenvalue weighted by Gasteiger charge is 2.24. The van der Waals surface area contributed by atoms with Crippen molar-refractivity contribution in [1.29, 1.82) is 0 Å². The molecule has 0 aromatic carbocycles. The molecule has 4 nitrogen and oxygen atoms in total. The van der Waals surface area contributed by atoms with E-state index in [2.05, 4.69) is 4.90 Å². The van der Waals surface area contributed by atoms with E-state index < -0.39 is 10.0 Å². The molecule has 0 spiro atoms. The molecule has 1 rings (SSSR count). The molecule has 0 amide bonds. The molecule has 0 bridgehead atoms. The second-order valence-corrected chi connectivity index (χ2v) is 5.61. The van der Waals surface area contributed by atoms with Crippen LogP contribution in [0, 0.1) is 0 Å². The van der Waals surface area contributed by atoms with Gasteiger partial charge in [-0.25, -0.2) is 8.42 Å². The van der Waals surface area contributed by atoms with Gasteiger partial charge < -0.3 is 4.90 Å². The number of likely N-dealkylation sites (N-methyl/N-ethyl adjacent to an activating group) is 1. The third-order valence-electron chi connectivity index (χ3n) is 2.32. The van der Waals surface area contributed by atoms with Crippen molar-refractivity contribution >= 4 is 10.0 Å². The minimum absolute atomic E-state index is 0.288. The molecule has 1 fully saturated rings. The monoisotopic (exact) mass is 206 g/mol. The van der Waals surface area contributed by atoms with E-state index in [9.17, 15) is 8.42 Å². The molecule has 1 saturated heterocycles. The average Bonchev–Trinajstić information content (AvgIpc) is 2.05. The lowest BCUT2D eigenvalue weighted by molar-refractivity contribution is 0.222. The molecule has 0 aromatic heterocycles. The Morgan fingerprint density at radius 1 is 1.15 bits per heavy atom. The van der Waals surface area contributed by atoms with Crippen LogP contribution in [0.1, 0.15) is 13.3 Å². The molecule has 0 aromatic rings. The number of nitrogens with zero attached hydrogens (tertiary/aromatic N) is 2. The van der Waals surface area contributed by atoms with Gasteiger partial charge in [0.05, 0.1) is 5.75 Å². The molecule has 1 aliphatic rings. The fraction of sp³-hybridized carbons (Fsp3) is 1.00. The highest BCUT2D eigenvalue weighted by Crippen LogP contribution is 2.07. The van der Waals surface area contributed by atoms with Crippen LogP contribution >= 0.6 is 0 Å². The summed E-state index contributed by atoms with van der Waals surface area (Å²) in [7, 11) is -0.933. The predicted octanol–water partition coefficient (Wildman–Crippen LogP) is -0.0264. The summed E-state index contributed by atoms with van der Waals surface area (Å²) in [4.78, 5) is 2.15. The van der Waals surface area contributed by atoms with Crippen LogP contribution in [-0.2, 0) is 10.0 Å². The largest absolute Gasteiger partial charge is 0.304 e. The summed E-state index contributed by atoms with van der Waals surface area (Å²) in [6.07, 6.45) is 0.703. The lowest BCUT2D eigenvalue weighted by Gasteiger charge is -2.31. The molecule has 0 aliphatic carbocycles. The fourth-order valence-corrected chi connectivity index (χ4v) is 2.95. The van der Waals surface area contributed by atoms with Gasteiger partial charge in [0, 0.05) is 26.2 Å². The topological polar surface area (TPSA) is 40.6 Å². The van der Waals surface area contributed by atoms with Crippen LogP contribution in [0.25, 0.3) is 0 Å². The van der Waals surface area contributed by atoms with Crippen LogP contribution in [0.15, 0.2) is 0 Å². The standard InChI is InChI=1S/C8H18N2O2S/c1-3-8-13(11,12)10-6-4-9(2)5-7-10/h3-8H2,1-2H3. The van der Waals surface area contributed by atoms with Crippen molar-refractivity contribution in [2.45, 2.75) is 13.3 Å². The summed E-state index contributed by atoms with van der Waals surface area (Å²) in [6, 6.07) is 0. The SMILES string of the molecule is CCCS(=O)(=O)N1CCN(C)CC1. The van der Waals surface area contributed by atoms with Crippen LogP contribution in [0.2, 0.25) is 0 Å². The molecule has 0 radical (unpaired) electrons. The van der Waals surface area contributed by atoms with Crippen LogP contribution in [0.5, 0.6) is 0 Å². The second kappa shape index (κ2) is 4.39. The summed E-state index contributed by atoms with van der Waals surface area (Å²) in [5.74, 6) is 0.288. The van der Waals surface area contributed by atoms with E-state index >= 15 is 0 Å². The number of sulfonamides is 1. The van der Waals surface area contributed by atoms with Crippen LogP contribution < -0.4 is 0 Å². The minimum Gasteiger partial charge on any atom is -0.304 e. The number of piperazine rings is 1. The van der Waals surface area contributed by atoms with Crippen LogP contribution in [0.3, 0.4) is 0 Å². The Hall–Kier alpha value is -0.130. The van der Waals surface area contributed by atoms with E-state index in [-0.39, 0.29) is 5.75 Å². The van der Waals surface area contributed by atoms with Crippen LogP contribution in [0.4, 0.5) is 0 Å². The van der Waals surface area contributed by atoms with E-state index in [0.29, 0.717) is 19.5 Å². The molecule has 0 saturated carbocycles. The fourth-order valence-electron chi connectivity index (χ4n) is 1.45. The van der Waals surface area contributed by atoms with Crippen molar-refractivity contribution in [3.05, 3.63) is 0 Å². The first-order chi connectivity index (χ1) is 6.06. The molecule has 5 heteroatoms. The Morgan fingerprint density at radius 2 is 1.69 bits per heavy atom. The molecule has 0 atom stereocenters. The molecular weight excluding hydrogens is 188 g/mol. The summed E-state index contributed by atoms with van der Waals surface area (Å²) in [5.41, 5.74) is 0. The number of rotatable bonds is 3. The maximum absolute atomic E-state index is 11.6. The predicted molar refractivity (Wildman–Crippen MR) is 53.1 cm³/mol. The van der Waals surface area contributed by atoms with Crippen molar-refractivity contribution in [3.8, 4) is 0 Å². The summed E-state index contributed by atoms with van der Waals surface area (Å²) < 4.78 is 24.8. The van der Waals surface area contributed by atoms with E-state index in [1.54, 1.807) is 4.31 Å². The van der Waals surface area contributed by atoms with Gasteiger partial charge in [-0.15, -0.1) is 0 Å².